The van der Waals surface area contributed by atoms with Crippen LogP contribution < -0.4 is 5.32 Å². The van der Waals surface area contributed by atoms with Gasteiger partial charge in [-0.05, 0) is 83.2 Å². The molecular formula is C42H47N11O4. The topological polar surface area (TPSA) is 158 Å². The molecule has 1 unspecified atom stereocenters. The number of nitrogens with zero attached hydrogens (tertiary/aromatic N) is 10. The van der Waals surface area contributed by atoms with Crippen LogP contribution >= 0.6 is 0 Å². The maximum atomic E-state index is 14.8. The fourth-order valence-corrected chi connectivity index (χ4v) is 7.68. The molecule has 0 aliphatic carbocycles. The van der Waals surface area contributed by atoms with Gasteiger partial charge in [-0.25, -0.2) is 19.0 Å². The molecule has 294 valence electrons. The monoisotopic (exact) mass is 769 g/mol. The summed E-state index contributed by atoms with van der Waals surface area (Å²) in [6.45, 7) is 13.5. The highest BCUT2D eigenvalue weighted by Gasteiger charge is 2.38. The van der Waals surface area contributed by atoms with Gasteiger partial charge in [-0.15, -0.1) is 5.10 Å². The number of amides is 3. The molecule has 0 spiro atoms. The number of aromatic nitrogens is 8. The molecule has 1 fully saturated rings. The Bertz CT molecular complexity index is 2470. The number of hydrogen-bond donors (Lipinski definition) is 1. The number of benzene rings is 2. The third kappa shape index (κ3) is 7.61. The third-order valence-corrected chi connectivity index (χ3v) is 10.5. The van der Waals surface area contributed by atoms with Gasteiger partial charge in [-0.1, -0.05) is 48.5 Å². The van der Waals surface area contributed by atoms with E-state index in [2.05, 4.69) is 56.9 Å². The lowest BCUT2D eigenvalue weighted by Crippen LogP contribution is -2.53. The van der Waals surface area contributed by atoms with Crippen molar-refractivity contribution in [2.45, 2.75) is 85.5 Å². The standard InChI is InChI=1S/C42H47N11O4/c1-7-28-10-12-30(13-11-28)36-25-49(41(56)57-42(4,5)6)19-20-51(36)40(55)37-34(47-52-18-8-9-35(37)52)24-50-23-33(46-48-50)29-14-16-31(17-15-29)45-39(54)32-22-43-53-27(3)21-26(2)44-38(32)53/h10-17,21-23,36H,7-9,18-20,24-25H2,1-6H3,(H,45,54). The van der Waals surface area contributed by atoms with Gasteiger partial charge in [0, 0.05) is 48.8 Å². The van der Waals surface area contributed by atoms with E-state index in [4.69, 9.17) is 9.84 Å². The molecule has 0 saturated carbocycles. The van der Waals surface area contributed by atoms with Crippen LogP contribution in [-0.4, -0.2) is 92.3 Å². The minimum atomic E-state index is -0.632. The molecule has 2 aromatic carbocycles. The van der Waals surface area contributed by atoms with Gasteiger partial charge in [0.2, 0.25) is 0 Å². The van der Waals surface area contributed by atoms with Crippen molar-refractivity contribution in [3.8, 4) is 11.3 Å². The molecule has 0 radical (unpaired) electrons. The highest BCUT2D eigenvalue weighted by atomic mass is 16.6. The van der Waals surface area contributed by atoms with Crippen LogP contribution in [0.3, 0.4) is 0 Å². The second kappa shape index (κ2) is 14.9. The number of carbonyl (C=O) groups is 3. The number of nitrogens with one attached hydrogen (secondary N) is 1. The maximum Gasteiger partial charge on any atom is 0.410 e. The highest BCUT2D eigenvalue weighted by Crippen LogP contribution is 2.32. The minimum absolute atomic E-state index is 0.107. The number of fused-ring (bicyclic) bond motifs is 2. The van der Waals surface area contributed by atoms with E-state index in [0.29, 0.717) is 53.5 Å². The van der Waals surface area contributed by atoms with Crippen molar-refractivity contribution in [3.63, 3.8) is 0 Å². The molecule has 15 nitrogen and oxygen atoms in total. The van der Waals surface area contributed by atoms with Crippen molar-refractivity contribution >= 4 is 29.2 Å². The number of carbonyl (C=O) groups excluding carboxylic acids is 3. The van der Waals surface area contributed by atoms with Crippen LogP contribution in [0.25, 0.3) is 16.9 Å². The Kier molecular flexibility index (Phi) is 9.84. The lowest BCUT2D eigenvalue weighted by atomic mass is 9.98. The highest BCUT2D eigenvalue weighted by molar-refractivity contribution is 6.08. The summed E-state index contributed by atoms with van der Waals surface area (Å²) in [5.74, 6) is -0.408. The van der Waals surface area contributed by atoms with Crippen LogP contribution in [0.1, 0.15) is 94.8 Å². The summed E-state index contributed by atoms with van der Waals surface area (Å²) in [6.07, 6.45) is 5.54. The van der Waals surface area contributed by atoms with E-state index >= 15 is 0 Å². The summed E-state index contributed by atoms with van der Waals surface area (Å²) in [4.78, 5) is 49.3. The van der Waals surface area contributed by atoms with Crippen molar-refractivity contribution in [1.29, 1.82) is 0 Å². The summed E-state index contributed by atoms with van der Waals surface area (Å²) in [5, 5.41) is 21.1. The third-order valence-electron chi connectivity index (χ3n) is 10.5. The van der Waals surface area contributed by atoms with Gasteiger partial charge in [0.1, 0.15) is 16.9 Å². The van der Waals surface area contributed by atoms with Crippen LogP contribution in [0.4, 0.5) is 10.5 Å². The Morgan fingerprint density at radius 3 is 2.49 bits per heavy atom. The lowest BCUT2D eigenvalue weighted by molar-refractivity contribution is 0.00402. The zero-order valence-corrected chi connectivity index (χ0v) is 33.2. The summed E-state index contributed by atoms with van der Waals surface area (Å²) in [6, 6.07) is 17.2. The van der Waals surface area contributed by atoms with Crippen molar-refractivity contribution in [2.75, 3.05) is 25.0 Å². The molecule has 15 heteroatoms. The van der Waals surface area contributed by atoms with E-state index in [1.165, 1.54) is 11.8 Å². The van der Waals surface area contributed by atoms with Crippen LogP contribution in [0.15, 0.2) is 67.0 Å². The molecule has 3 amide bonds. The van der Waals surface area contributed by atoms with Crippen LogP contribution in [0.2, 0.25) is 0 Å². The fourth-order valence-electron chi connectivity index (χ4n) is 7.68. The van der Waals surface area contributed by atoms with Crippen molar-refractivity contribution < 1.29 is 19.1 Å². The Morgan fingerprint density at radius 1 is 0.982 bits per heavy atom. The first-order chi connectivity index (χ1) is 27.3. The lowest BCUT2D eigenvalue weighted by Gasteiger charge is -2.42. The van der Waals surface area contributed by atoms with E-state index in [1.807, 2.05) is 80.7 Å². The Labute approximate surface area is 330 Å². The van der Waals surface area contributed by atoms with Gasteiger partial charge in [0.05, 0.1) is 41.9 Å². The predicted octanol–water partition coefficient (Wildman–Crippen LogP) is 6.04. The van der Waals surface area contributed by atoms with Crippen molar-refractivity contribution in [1.82, 2.24) is 49.2 Å². The number of hydrogen-bond acceptors (Lipinski definition) is 9. The molecule has 2 aliphatic rings. The summed E-state index contributed by atoms with van der Waals surface area (Å²) < 4.78 is 11.0. The number of ether oxygens (including phenoxy) is 1. The summed E-state index contributed by atoms with van der Waals surface area (Å²) in [5.41, 5.74) is 8.34. The van der Waals surface area contributed by atoms with Crippen LogP contribution in [-0.2, 0) is 30.7 Å². The van der Waals surface area contributed by atoms with E-state index in [9.17, 15) is 14.4 Å². The first-order valence-corrected chi connectivity index (χ1v) is 19.5. The number of anilines is 1. The van der Waals surface area contributed by atoms with Gasteiger partial charge in [-0.3, -0.25) is 14.3 Å². The second-order valence-corrected chi connectivity index (χ2v) is 15.8. The van der Waals surface area contributed by atoms with E-state index < -0.39 is 5.60 Å². The van der Waals surface area contributed by atoms with E-state index in [1.54, 1.807) is 14.1 Å². The molecule has 1 atom stereocenters. The van der Waals surface area contributed by atoms with Crippen molar-refractivity contribution in [3.05, 3.63) is 112 Å². The zero-order chi connectivity index (χ0) is 40.0. The Morgan fingerprint density at radius 2 is 1.75 bits per heavy atom. The van der Waals surface area contributed by atoms with Gasteiger partial charge in [0.15, 0.2) is 5.65 Å². The van der Waals surface area contributed by atoms with Gasteiger partial charge in [-0.2, -0.15) is 10.2 Å². The average molecular weight is 770 g/mol. The van der Waals surface area contributed by atoms with Crippen LogP contribution in [0.5, 0.6) is 0 Å². The Hall–Kier alpha value is -6.38. The van der Waals surface area contributed by atoms with Crippen molar-refractivity contribution in [2.24, 2.45) is 0 Å². The normalized spacial score (nSPS) is 15.6. The Balaban J connectivity index is 1.01. The van der Waals surface area contributed by atoms with Gasteiger partial charge < -0.3 is 19.9 Å². The first kappa shape index (κ1) is 37.5. The zero-order valence-electron chi connectivity index (χ0n) is 33.2. The largest absolute Gasteiger partial charge is 0.444 e. The summed E-state index contributed by atoms with van der Waals surface area (Å²) >= 11 is 0. The first-order valence-electron chi connectivity index (χ1n) is 19.5. The number of rotatable bonds is 8. The number of aryl methyl sites for hydroxylation is 4. The predicted molar refractivity (Wildman–Crippen MR) is 213 cm³/mol. The van der Waals surface area contributed by atoms with Crippen LogP contribution in [0, 0.1) is 13.8 Å². The maximum absolute atomic E-state index is 14.8. The molecule has 8 rings (SSSR count). The molecular weight excluding hydrogens is 723 g/mol. The SMILES string of the molecule is CCc1ccc(C2CN(C(=O)OC(C)(C)C)CCN2C(=O)c2c(Cn3cc(-c4ccc(NC(=O)c5cnn6c(C)cc(C)nc56)cc4)nn3)nn3c2CCC3)cc1. The molecule has 6 aromatic rings. The van der Waals surface area contributed by atoms with Gasteiger partial charge in [0.25, 0.3) is 11.8 Å². The molecule has 1 N–H and O–H groups in total. The van der Waals surface area contributed by atoms with E-state index in [0.717, 1.165) is 54.0 Å². The molecule has 1 saturated heterocycles. The smallest absolute Gasteiger partial charge is 0.410 e. The fraction of sp³-hybridized carbons (Fsp3) is 0.381. The molecule has 6 heterocycles. The van der Waals surface area contributed by atoms with Gasteiger partial charge >= 0.3 is 6.09 Å². The molecule has 4 aromatic heterocycles. The molecule has 57 heavy (non-hydrogen) atoms. The minimum Gasteiger partial charge on any atom is -0.444 e. The second-order valence-electron chi connectivity index (χ2n) is 15.8. The van der Waals surface area contributed by atoms with E-state index in [-0.39, 0.29) is 30.5 Å². The average Bonchev–Trinajstić information content (AvgIpc) is 3.99. The molecule has 2 aliphatic heterocycles. The number of piperazine rings is 1. The summed E-state index contributed by atoms with van der Waals surface area (Å²) in [7, 11) is 0. The quantitative estimate of drug-likeness (QED) is 0.195. The molecule has 0 bridgehead atoms.